The Kier molecular flexibility index (Phi) is 21.5. The van der Waals surface area contributed by atoms with Crippen molar-refractivity contribution in [3.63, 3.8) is 0 Å². The first kappa shape index (κ1) is 32.0. The van der Waals surface area contributed by atoms with Crippen molar-refractivity contribution in [1.82, 2.24) is 0 Å². The standard InChI is InChI=1S/C32H66/c1-9-14-18-30(13-5)25-29(8)22-24-31(19-15-10-2)26-32(23-21-28(7)12-4)20-16-17-27(6)11-3/h27-32H,9-26H2,1-8H3. The largest absolute Gasteiger partial charge is 0.0654 e. The molecule has 0 rings (SSSR count). The summed E-state index contributed by atoms with van der Waals surface area (Å²) in [6.45, 7) is 19.3. The zero-order valence-corrected chi connectivity index (χ0v) is 24.2. The van der Waals surface area contributed by atoms with Crippen LogP contribution in [0.3, 0.4) is 0 Å². The minimum absolute atomic E-state index is 0.912. The van der Waals surface area contributed by atoms with E-state index in [-0.39, 0.29) is 0 Å². The Morgan fingerprint density at radius 1 is 0.375 bits per heavy atom. The van der Waals surface area contributed by atoms with Crippen LogP contribution in [0, 0.1) is 35.5 Å². The molecule has 0 heterocycles. The minimum Gasteiger partial charge on any atom is -0.0654 e. The smallest absolute Gasteiger partial charge is 0.0412 e. The van der Waals surface area contributed by atoms with Crippen LogP contribution in [-0.2, 0) is 0 Å². The van der Waals surface area contributed by atoms with E-state index in [1.165, 1.54) is 116 Å². The maximum absolute atomic E-state index is 2.55. The van der Waals surface area contributed by atoms with Gasteiger partial charge in [0.1, 0.15) is 0 Å². The minimum atomic E-state index is 0.912. The summed E-state index contributed by atoms with van der Waals surface area (Å²) in [5, 5.41) is 0. The topological polar surface area (TPSA) is 0 Å². The summed E-state index contributed by atoms with van der Waals surface area (Å²) in [6, 6.07) is 0. The molecule has 6 atom stereocenters. The molecule has 194 valence electrons. The summed E-state index contributed by atoms with van der Waals surface area (Å²) in [5.74, 6) is 5.70. The third-order valence-electron chi connectivity index (χ3n) is 8.75. The summed E-state index contributed by atoms with van der Waals surface area (Å²) < 4.78 is 0. The number of rotatable bonds is 23. The summed E-state index contributed by atoms with van der Waals surface area (Å²) in [6.07, 6.45) is 26.0. The van der Waals surface area contributed by atoms with Gasteiger partial charge in [-0.3, -0.25) is 0 Å². The van der Waals surface area contributed by atoms with Crippen LogP contribution in [0.5, 0.6) is 0 Å². The van der Waals surface area contributed by atoms with Crippen molar-refractivity contribution in [2.45, 2.75) is 171 Å². The third kappa shape index (κ3) is 17.5. The Balaban J connectivity index is 4.79. The number of hydrogen-bond donors (Lipinski definition) is 0. The van der Waals surface area contributed by atoms with Gasteiger partial charge in [0.15, 0.2) is 0 Å². The Morgan fingerprint density at radius 3 is 1.34 bits per heavy atom. The monoisotopic (exact) mass is 451 g/mol. The molecular formula is C32H66. The Labute approximate surface area is 206 Å². The summed E-state index contributed by atoms with van der Waals surface area (Å²) in [4.78, 5) is 0. The van der Waals surface area contributed by atoms with E-state index in [1.807, 2.05) is 0 Å². The molecule has 0 aromatic rings. The van der Waals surface area contributed by atoms with Crippen LogP contribution in [0.15, 0.2) is 0 Å². The van der Waals surface area contributed by atoms with E-state index < -0.39 is 0 Å². The molecule has 0 saturated heterocycles. The predicted octanol–water partition coefficient (Wildman–Crippen LogP) is 11.9. The lowest BCUT2D eigenvalue weighted by molar-refractivity contribution is 0.254. The van der Waals surface area contributed by atoms with Gasteiger partial charge in [0.25, 0.3) is 0 Å². The van der Waals surface area contributed by atoms with E-state index in [2.05, 4.69) is 55.4 Å². The maximum Gasteiger partial charge on any atom is -0.0412 e. The third-order valence-corrected chi connectivity index (χ3v) is 8.75. The summed E-state index contributed by atoms with van der Waals surface area (Å²) >= 11 is 0. The van der Waals surface area contributed by atoms with Crippen molar-refractivity contribution >= 4 is 0 Å². The highest BCUT2D eigenvalue weighted by atomic mass is 14.3. The number of unbranched alkanes of at least 4 members (excludes halogenated alkanes) is 2. The van der Waals surface area contributed by atoms with Crippen LogP contribution in [0.2, 0.25) is 0 Å². The average Bonchev–Trinajstić information content (AvgIpc) is 2.80. The molecule has 0 amide bonds. The molecule has 0 nitrogen and oxygen atoms in total. The van der Waals surface area contributed by atoms with Gasteiger partial charge < -0.3 is 0 Å². The number of hydrogen-bond acceptors (Lipinski definition) is 0. The molecule has 0 fully saturated rings. The predicted molar refractivity (Wildman–Crippen MR) is 149 cm³/mol. The average molecular weight is 451 g/mol. The fraction of sp³-hybridized carbons (Fsp3) is 1.00. The van der Waals surface area contributed by atoms with Gasteiger partial charge in [-0.1, -0.05) is 158 Å². The maximum atomic E-state index is 2.55. The van der Waals surface area contributed by atoms with Crippen LogP contribution < -0.4 is 0 Å². The molecule has 0 saturated carbocycles. The van der Waals surface area contributed by atoms with E-state index in [0.717, 1.165) is 35.5 Å². The molecule has 0 radical (unpaired) electrons. The van der Waals surface area contributed by atoms with Crippen molar-refractivity contribution in [2.75, 3.05) is 0 Å². The molecule has 6 unspecified atom stereocenters. The highest BCUT2D eigenvalue weighted by Crippen LogP contribution is 2.33. The van der Waals surface area contributed by atoms with E-state index in [0.29, 0.717) is 0 Å². The normalized spacial score (nSPS) is 17.6. The van der Waals surface area contributed by atoms with Crippen LogP contribution >= 0.6 is 0 Å². The van der Waals surface area contributed by atoms with Crippen molar-refractivity contribution in [3.05, 3.63) is 0 Å². The lowest BCUT2D eigenvalue weighted by Crippen LogP contribution is -2.14. The van der Waals surface area contributed by atoms with Crippen LogP contribution in [0.25, 0.3) is 0 Å². The second-order valence-electron chi connectivity index (χ2n) is 12.0. The molecule has 0 bridgehead atoms. The van der Waals surface area contributed by atoms with Gasteiger partial charge in [-0.05, 0) is 48.3 Å². The van der Waals surface area contributed by atoms with E-state index in [4.69, 9.17) is 0 Å². The second-order valence-corrected chi connectivity index (χ2v) is 12.0. The highest BCUT2D eigenvalue weighted by molar-refractivity contribution is 4.72. The lowest BCUT2D eigenvalue weighted by Gasteiger charge is -2.27. The Bertz CT molecular complexity index is 372. The molecule has 0 N–H and O–H groups in total. The van der Waals surface area contributed by atoms with Gasteiger partial charge in [0.2, 0.25) is 0 Å². The van der Waals surface area contributed by atoms with E-state index in [9.17, 15) is 0 Å². The molecular weight excluding hydrogens is 384 g/mol. The zero-order chi connectivity index (χ0) is 24.2. The van der Waals surface area contributed by atoms with Gasteiger partial charge in [0.05, 0.1) is 0 Å². The molecule has 0 aliphatic rings. The van der Waals surface area contributed by atoms with Gasteiger partial charge in [-0.2, -0.15) is 0 Å². The first-order valence-electron chi connectivity index (χ1n) is 15.4. The first-order chi connectivity index (χ1) is 15.4. The van der Waals surface area contributed by atoms with Gasteiger partial charge >= 0.3 is 0 Å². The lowest BCUT2D eigenvalue weighted by atomic mass is 9.79. The van der Waals surface area contributed by atoms with E-state index >= 15 is 0 Å². The Morgan fingerprint density at radius 2 is 0.844 bits per heavy atom. The van der Waals surface area contributed by atoms with Crippen LogP contribution in [0.4, 0.5) is 0 Å². The van der Waals surface area contributed by atoms with Crippen molar-refractivity contribution in [2.24, 2.45) is 35.5 Å². The SMILES string of the molecule is CCCCC(CC)CC(C)CCC(CCCC)CC(CCCC(C)CC)CCC(C)CC. The highest BCUT2D eigenvalue weighted by Gasteiger charge is 2.19. The molecule has 0 spiro atoms. The van der Waals surface area contributed by atoms with Crippen molar-refractivity contribution in [1.29, 1.82) is 0 Å². The van der Waals surface area contributed by atoms with E-state index in [1.54, 1.807) is 0 Å². The molecule has 0 aliphatic heterocycles. The van der Waals surface area contributed by atoms with Crippen LogP contribution in [-0.4, -0.2) is 0 Å². The fourth-order valence-electron chi connectivity index (χ4n) is 5.60. The fourth-order valence-corrected chi connectivity index (χ4v) is 5.60. The molecule has 0 heteroatoms. The zero-order valence-electron chi connectivity index (χ0n) is 24.2. The molecule has 32 heavy (non-hydrogen) atoms. The summed E-state index contributed by atoms with van der Waals surface area (Å²) in [7, 11) is 0. The van der Waals surface area contributed by atoms with Crippen molar-refractivity contribution < 1.29 is 0 Å². The first-order valence-corrected chi connectivity index (χ1v) is 15.4. The second kappa shape index (κ2) is 21.5. The van der Waals surface area contributed by atoms with Gasteiger partial charge in [-0.25, -0.2) is 0 Å². The Hall–Kier alpha value is 0. The quantitative estimate of drug-likeness (QED) is 0.145. The molecule has 0 aromatic carbocycles. The summed E-state index contributed by atoms with van der Waals surface area (Å²) in [5.41, 5.74) is 0. The van der Waals surface area contributed by atoms with Gasteiger partial charge in [-0.15, -0.1) is 0 Å². The molecule has 0 aliphatic carbocycles. The van der Waals surface area contributed by atoms with Crippen LogP contribution in [0.1, 0.15) is 171 Å². The van der Waals surface area contributed by atoms with Crippen molar-refractivity contribution in [3.8, 4) is 0 Å². The van der Waals surface area contributed by atoms with Gasteiger partial charge in [0, 0.05) is 0 Å². The molecule has 0 aromatic heterocycles.